The molecule has 0 amide bonds. The van der Waals surface area contributed by atoms with Crippen molar-refractivity contribution in [2.75, 3.05) is 12.4 Å². The predicted octanol–water partition coefficient (Wildman–Crippen LogP) is 5.14. The minimum atomic E-state index is -4.82. The maximum Gasteiger partial charge on any atom is 0.425 e. The largest absolute Gasteiger partial charge is 0.465 e. The Labute approximate surface area is 144 Å². The molecular formula is C17H22F3NO2S. The number of methoxy groups -OCH3 is 1. The summed E-state index contributed by atoms with van der Waals surface area (Å²) < 4.78 is 44.0. The van der Waals surface area contributed by atoms with E-state index in [0.29, 0.717) is 5.69 Å². The van der Waals surface area contributed by atoms with Crippen molar-refractivity contribution < 1.29 is 22.7 Å². The van der Waals surface area contributed by atoms with Crippen molar-refractivity contribution in [1.82, 2.24) is 0 Å². The summed E-state index contributed by atoms with van der Waals surface area (Å²) in [6.45, 7) is 7.29. The fraction of sp³-hybridized carbons (Fsp3) is 0.471. The van der Waals surface area contributed by atoms with Gasteiger partial charge in [0.25, 0.3) is 0 Å². The molecule has 134 valence electrons. The molecule has 0 unspecified atom stereocenters. The van der Waals surface area contributed by atoms with Crippen molar-refractivity contribution in [2.45, 2.75) is 45.0 Å². The van der Waals surface area contributed by atoms with Gasteiger partial charge in [0.15, 0.2) is 5.57 Å². The monoisotopic (exact) mass is 361 g/mol. The lowest BCUT2D eigenvalue weighted by atomic mass is 10.1. The van der Waals surface area contributed by atoms with Crippen LogP contribution in [0.15, 0.2) is 34.9 Å². The summed E-state index contributed by atoms with van der Waals surface area (Å²) in [7, 11) is 0.934. The molecule has 0 aliphatic heterocycles. The van der Waals surface area contributed by atoms with Gasteiger partial charge in [0, 0.05) is 10.4 Å². The zero-order chi connectivity index (χ0) is 18.5. The molecule has 3 nitrogen and oxygen atoms in total. The minimum absolute atomic E-state index is 0.272. The number of hydrogen-bond acceptors (Lipinski definition) is 4. The number of thioether (sulfide) groups is 1. The molecule has 1 N–H and O–H groups in total. The van der Waals surface area contributed by atoms with Crippen LogP contribution in [-0.4, -0.2) is 24.0 Å². The second-order valence-electron chi connectivity index (χ2n) is 6.08. The number of nitrogens with one attached hydrogen (secondary N) is 1. The lowest BCUT2D eigenvalue weighted by Gasteiger charge is -2.24. The van der Waals surface area contributed by atoms with Gasteiger partial charge in [-0.25, -0.2) is 4.79 Å². The summed E-state index contributed by atoms with van der Waals surface area (Å²) in [6, 6.07) is 7.03. The Morgan fingerprint density at radius 2 is 1.71 bits per heavy atom. The van der Waals surface area contributed by atoms with Crippen molar-refractivity contribution >= 4 is 23.4 Å². The first kappa shape index (κ1) is 20.4. The van der Waals surface area contributed by atoms with E-state index in [9.17, 15) is 18.0 Å². The molecule has 0 radical (unpaired) electrons. The van der Waals surface area contributed by atoms with Gasteiger partial charge in [-0.2, -0.15) is 13.2 Å². The lowest BCUT2D eigenvalue weighted by molar-refractivity contribution is -0.148. The van der Waals surface area contributed by atoms with E-state index < -0.39 is 22.5 Å². The number of benzene rings is 1. The molecular weight excluding hydrogens is 339 g/mol. The van der Waals surface area contributed by atoms with Gasteiger partial charge in [-0.05, 0) is 24.1 Å². The van der Waals surface area contributed by atoms with Gasteiger partial charge >= 0.3 is 12.1 Å². The Bertz CT molecular complexity index is 602. The first-order valence-corrected chi connectivity index (χ1v) is 8.24. The van der Waals surface area contributed by atoms with Gasteiger partial charge in [-0.1, -0.05) is 39.8 Å². The maximum absolute atomic E-state index is 13.4. The van der Waals surface area contributed by atoms with Gasteiger partial charge in [0.1, 0.15) is 0 Å². The molecule has 1 aromatic rings. The number of carbonyl (C=O) groups is 1. The predicted molar refractivity (Wildman–Crippen MR) is 91.9 cm³/mol. The average molecular weight is 361 g/mol. The third kappa shape index (κ3) is 6.11. The Morgan fingerprint density at radius 1 is 1.17 bits per heavy atom. The molecule has 1 rings (SSSR count). The smallest absolute Gasteiger partial charge is 0.425 e. The molecule has 0 spiro atoms. The Morgan fingerprint density at radius 3 is 2.08 bits per heavy atom. The standard InChI is InChI=1S/C17H22F3NO2S/c1-6-11-7-9-12(10-8-11)21-14(24-16(2,3)4)13(15(22)23-5)17(18,19)20/h7-10,21H,6H2,1-5H3. The van der Waals surface area contributed by atoms with E-state index in [-0.39, 0.29) is 5.03 Å². The van der Waals surface area contributed by atoms with Gasteiger partial charge in [-0.3, -0.25) is 0 Å². The molecule has 1 aromatic carbocycles. The van der Waals surface area contributed by atoms with Crippen molar-refractivity contribution in [3.63, 3.8) is 0 Å². The number of hydrogen-bond donors (Lipinski definition) is 1. The lowest BCUT2D eigenvalue weighted by Crippen LogP contribution is -2.26. The normalized spacial score (nSPS) is 13.3. The summed E-state index contributed by atoms with van der Waals surface area (Å²) in [4.78, 5) is 11.7. The van der Waals surface area contributed by atoms with E-state index in [2.05, 4.69) is 10.1 Å². The van der Waals surface area contributed by atoms with Gasteiger partial charge in [-0.15, -0.1) is 11.8 Å². The molecule has 0 bridgehead atoms. The number of halogens is 3. The van der Waals surface area contributed by atoms with Crippen LogP contribution in [0.4, 0.5) is 18.9 Å². The van der Waals surface area contributed by atoms with Crippen molar-refractivity contribution in [3.8, 4) is 0 Å². The highest BCUT2D eigenvalue weighted by molar-refractivity contribution is 8.04. The average Bonchev–Trinajstić information content (AvgIpc) is 2.44. The maximum atomic E-state index is 13.4. The molecule has 0 saturated heterocycles. The summed E-state index contributed by atoms with van der Waals surface area (Å²) in [5, 5.41) is 2.46. The first-order chi connectivity index (χ1) is 11.0. The minimum Gasteiger partial charge on any atom is -0.465 e. The van der Waals surface area contributed by atoms with E-state index in [1.807, 2.05) is 19.1 Å². The van der Waals surface area contributed by atoms with Gasteiger partial charge in [0.2, 0.25) is 0 Å². The van der Waals surface area contributed by atoms with Crippen LogP contribution >= 0.6 is 11.8 Å². The summed E-state index contributed by atoms with van der Waals surface area (Å²) in [5.74, 6) is -1.41. The molecule has 7 heteroatoms. The molecule has 0 saturated carbocycles. The summed E-state index contributed by atoms with van der Waals surface area (Å²) in [5.41, 5.74) is 0.215. The highest BCUT2D eigenvalue weighted by atomic mass is 32.2. The summed E-state index contributed by atoms with van der Waals surface area (Å²) >= 11 is 0.933. The number of alkyl halides is 3. The van der Waals surface area contributed by atoms with E-state index in [1.54, 1.807) is 32.9 Å². The quantitative estimate of drug-likeness (QED) is 0.582. The number of rotatable bonds is 5. The highest BCUT2D eigenvalue weighted by Crippen LogP contribution is 2.39. The van der Waals surface area contributed by atoms with E-state index in [4.69, 9.17) is 0 Å². The fourth-order valence-corrected chi connectivity index (χ4v) is 2.92. The number of aryl methyl sites for hydroxylation is 1. The van der Waals surface area contributed by atoms with Crippen molar-refractivity contribution in [2.24, 2.45) is 0 Å². The SMILES string of the molecule is CCc1ccc(NC(SC(C)(C)C)=C(C(=O)OC)C(F)(F)F)cc1. The third-order valence-corrected chi connectivity index (χ3v) is 4.05. The topological polar surface area (TPSA) is 38.3 Å². The molecule has 24 heavy (non-hydrogen) atoms. The highest BCUT2D eigenvalue weighted by Gasteiger charge is 2.43. The first-order valence-electron chi connectivity index (χ1n) is 7.42. The van der Waals surface area contributed by atoms with E-state index in [1.165, 1.54) is 0 Å². The molecule has 0 aliphatic carbocycles. The van der Waals surface area contributed by atoms with Crippen LogP contribution in [0.5, 0.6) is 0 Å². The molecule has 0 aliphatic rings. The fourth-order valence-electron chi connectivity index (χ4n) is 1.84. The van der Waals surface area contributed by atoms with Crippen LogP contribution in [0, 0.1) is 0 Å². The zero-order valence-corrected chi connectivity index (χ0v) is 15.2. The van der Waals surface area contributed by atoms with Crippen LogP contribution in [-0.2, 0) is 16.0 Å². The molecule has 0 heterocycles. The Kier molecular flexibility index (Phi) is 6.77. The second kappa shape index (κ2) is 7.96. The zero-order valence-electron chi connectivity index (χ0n) is 14.4. The Balaban J connectivity index is 3.36. The van der Waals surface area contributed by atoms with Crippen LogP contribution < -0.4 is 5.32 Å². The van der Waals surface area contributed by atoms with Crippen LogP contribution in [0.3, 0.4) is 0 Å². The number of ether oxygens (including phenoxy) is 1. The number of anilines is 1. The van der Waals surface area contributed by atoms with Gasteiger partial charge < -0.3 is 10.1 Å². The Hall–Kier alpha value is -1.63. The molecule has 0 fully saturated rings. The summed E-state index contributed by atoms with van der Waals surface area (Å²) in [6.07, 6.45) is -3.99. The van der Waals surface area contributed by atoms with Crippen LogP contribution in [0.25, 0.3) is 0 Å². The second-order valence-corrected chi connectivity index (χ2v) is 7.92. The van der Waals surface area contributed by atoms with Crippen molar-refractivity contribution in [1.29, 1.82) is 0 Å². The molecule has 0 atom stereocenters. The number of esters is 1. The van der Waals surface area contributed by atoms with E-state index >= 15 is 0 Å². The molecule has 0 aromatic heterocycles. The van der Waals surface area contributed by atoms with Crippen molar-refractivity contribution in [3.05, 3.63) is 40.4 Å². The third-order valence-electron chi connectivity index (χ3n) is 2.93. The number of carbonyl (C=O) groups excluding carboxylic acids is 1. The van der Waals surface area contributed by atoms with Crippen LogP contribution in [0.2, 0.25) is 0 Å². The van der Waals surface area contributed by atoms with Gasteiger partial charge in [0.05, 0.1) is 12.1 Å². The van der Waals surface area contributed by atoms with Crippen LogP contribution in [0.1, 0.15) is 33.3 Å². The van der Waals surface area contributed by atoms with E-state index in [0.717, 1.165) is 30.9 Å².